The van der Waals surface area contributed by atoms with Gasteiger partial charge in [0.25, 0.3) is 9.05 Å². The van der Waals surface area contributed by atoms with Crippen molar-refractivity contribution in [1.29, 1.82) is 0 Å². The van der Waals surface area contributed by atoms with Crippen molar-refractivity contribution < 1.29 is 27.8 Å². The van der Waals surface area contributed by atoms with Gasteiger partial charge in [-0.05, 0) is 32.0 Å². The lowest BCUT2D eigenvalue weighted by molar-refractivity contribution is 0.0538. The number of carbonyl (C=O) groups is 1. The highest BCUT2D eigenvalue weighted by molar-refractivity contribution is 8.13. The van der Waals surface area contributed by atoms with Crippen LogP contribution in [0.2, 0.25) is 0 Å². The standard InChI is InChI=1S/C12H15ClO6S/c1-8(2)18-5-6-19-11-4-3-9(20(13,16)17)7-10(11)12(14)15/h3-4,7-8H,5-6H2,1-2H3,(H,14,15). The molecule has 0 aliphatic carbocycles. The normalized spacial score (nSPS) is 11.6. The molecule has 0 aliphatic heterocycles. The van der Waals surface area contributed by atoms with Gasteiger partial charge in [0.15, 0.2) is 0 Å². The highest BCUT2D eigenvalue weighted by Crippen LogP contribution is 2.24. The van der Waals surface area contributed by atoms with E-state index in [1.165, 1.54) is 12.1 Å². The number of hydrogen-bond acceptors (Lipinski definition) is 5. The third-order valence-corrected chi connectivity index (χ3v) is 3.61. The minimum Gasteiger partial charge on any atom is -0.490 e. The molecule has 20 heavy (non-hydrogen) atoms. The Morgan fingerprint density at radius 2 is 2.00 bits per heavy atom. The third-order valence-electron chi connectivity index (χ3n) is 2.26. The van der Waals surface area contributed by atoms with Gasteiger partial charge in [-0.15, -0.1) is 0 Å². The number of carboxylic acids is 1. The first-order valence-electron chi connectivity index (χ1n) is 5.78. The van der Waals surface area contributed by atoms with E-state index in [0.29, 0.717) is 6.61 Å². The smallest absolute Gasteiger partial charge is 0.339 e. The van der Waals surface area contributed by atoms with Crippen molar-refractivity contribution in [3.05, 3.63) is 23.8 Å². The number of halogens is 1. The molecule has 1 aromatic carbocycles. The number of ether oxygens (including phenoxy) is 2. The fraction of sp³-hybridized carbons (Fsp3) is 0.417. The summed E-state index contributed by atoms with van der Waals surface area (Å²) in [5.74, 6) is -1.24. The molecule has 0 aliphatic rings. The number of carboxylic acid groups (broad SMARTS) is 1. The molecule has 6 nitrogen and oxygen atoms in total. The van der Waals surface area contributed by atoms with Crippen LogP contribution in [0.1, 0.15) is 24.2 Å². The molecule has 1 aromatic rings. The van der Waals surface area contributed by atoms with Crippen molar-refractivity contribution >= 4 is 25.7 Å². The summed E-state index contributed by atoms with van der Waals surface area (Å²) in [4.78, 5) is 10.8. The van der Waals surface area contributed by atoms with E-state index >= 15 is 0 Å². The van der Waals surface area contributed by atoms with Crippen LogP contribution in [0.15, 0.2) is 23.1 Å². The van der Waals surface area contributed by atoms with Gasteiger partial charge in [0, 0.05) is 10.7 Å². The Balaban J connectivity index is 2.89. The van der Waals surface area contributed by atoms with E-state index in [9.17, 15) is 13.2 Å². The average Bonchev–Trinajstić information content (AvgIpc) is 2.33. The summed E-state index contributed by atoms with van der Waals surface area (Å²) in [5, 5.41) is 9.05. The first-order chi connectivity index (χ1) is 9.21. The number of rotatable bonds is 7. The molecule has 0 unspecified atom stereocenters. The van der Waals surface area contributed by atoms with Gasteiger partial charge < -0.3 is 14.6 Å². The van der Waals surface area contributed by atoms with Gasteiger partial charge in [-0.2, -0.15) is 0 Å². The largest absolute Gasteiger partial charge is 0.490 e. The van der Waals surface area contributed by atoms with Crippen LogP contribution in [0.4, 0.5) is 0 Å². The Morgan fingerprint density at radius 3 is 2.50 bits per heavy atom. The maximum absolute atomic E-state index is 11.2. The van der Waals surface area contributed by atoms with E-state index in [-0.39, 0.29) is 28.9 Å². The van der Waals surface area contributed by atoms with Crippen LogP contribution in [-0.4, -0.2) is 38.8 Å². The summed E-state index contributed by atoms with van der Waals surface area (Å²) in [5.41, 5.74) is -0.267. The van der Waals surface area contributed by atoms with Crippen molar-refractivity contribution in [2.24, 2.45) is 0 Å². The highest BCUT2D eigenvalue weighted by Gasteiger charge is 2.17. The lowest BCUT2D eigenvalue weighted by atomic mass is 10.2. The predicted octanol–water partition coefficient (Wildman–Crippen LogP) is 2.12. The molecule has 0 aromatic heterocycles. The Hall–Kier alpha value is -1.31. The zero-order valence-corrected chi connectivity index (χ0v) is 12.6. The summed E-state index contributed by atoms with van der Waals surface area (Å²) in [7, 11) is 1.18. The molecule has 1 rings (SSSR count). The summed E-state index contributed by atoms with van der Waals surface area (Å²) in [6.45, 7) is 4.18. The maximum atomic E-state index is 11.2. The topological polar surface area (TPSA) is 89.9 Å². The fourth-order valence-corrected chi connectivity index (χ4v) is 2.17. The minimum atomic E-state index is -3.98. The summed E-state index contributed by atoms with van der Waals surface area (Å²) in [6, 6.07) is 3.41. The molecule has 0 atom stereocenters. The molecule has 0 saturated heterocycles. The zero-order valence-electron chi connectivity index (χ0n) is 11.0. The van der Waals surface area contributed by atoms with Crippen molar-refractivity contribution in [2.75, 3.05) is 13.2 Å². The van der Waals surface area contributed by atoms with Crippen LogP contribution in [0.3, 0.4) is 0 Å². The minimum absolute atomic E-state index is 0.0429. The zero-order chi connectivity index (χ0) is 15.3. The van der Waals surface area contributed by atoms with Crippen molar-refractivity contribution in [1.82, 2.24) is 0 Å². The van der Waals surface area contributed by atoms with Crippen molar-refractivity contribution in [2.45, 2.75) is 24.8 Å². The van der Waals surface area contributed by atoms with Crippen LogP contribution >= 0.6 is 10.7 Å². The number of hydrogen-bond donors (Lipinski definition) is 1. The molecule has 0 spiro atoms. The molecule has 0 fully saturated rings. The van der Waals surface area contributed by atoms with Gasteiger partial charge in [0.1, 0.15) is 17.9 Å². The highest BCUT2D eigenvalue weighted by atomic mass is 35.7. The van der Waals surface area contributed by atoms with Crippen molar-refractivity contribution in [3.8, 4) is 5.75 Å². The van der Waals surface area contributed by atoms with E-state index in [4.69, 9.17) is 25.3 Å². The molecule has 0 heterocycles. The summed E-state index contributed by atoms with van der Waals surface area (Å²) < 4.78 is 32.9. The van der Waals surface area contributed by atoms with E-state index in [2.05, 4.69) is 0 Å². The summed E-state index contributed by atoms with van der Waals surface area (Å²) in [6.07, 6.45) is 0.0429. The first kappa shape index (κ1) is 16.7. The monoisotopic (exact) mass is 322 g/mol. The van der Waals surface area contributed by atoms with Gasteiger partial charge >= 0.3 is 5.97 Å². The molecule has 0 amide bonds. The van der Waals surface area contributed by atoms with Gasteiger partial charge in [-0.1, -0.05) is 0 Å². The van der Waals surface area contributed by atoms with E-state index in [1.54, 1.807) is 0 Å². The van der Waals surface area contributed by atoms with Crippen LogP contribution in [-0.2, 0) is 13.8 Å². The average molecular weight is 323 g/mol. The molecule has 0 saturated carbocycles. The van der Waals surface area contributed by atoms with Crippen LogP contribution < -0.4 is 4.74 Å². The van der Waals surface area contributed by atoms with Crippen LogP contribution in [0.5, 0.6) is 5.75 Å². The molecule has 112 valence electrons. The summed E-state index contributed by atoms with van der Waals surface area (Å²) >= 11 is 0. The molecule has 0 radical (unpaired) electrons. The first-order valence-corrected chi connectivity index (χ1v) is 8.09. The number of aromatic carboxylic acids is 1. The molecule has 1 N–H and O–H groups in total. The van der Waals surface area contributed by atoms with Gasteiger partial charge in [0.05, 0.1) is 17.6 Å². The van der Waals surface area contributed by atoms with E-state index in [1.807, 2.05) is 13.8 Å². The Morgan fingerprint density at radius 1 is 1.35 bits per heavy atom. The third kappa shape index (κ3) is 4.99. The van der Waals surface area contributed by atoms with Gasteiger partial charge in [-0.25, -0.2) is 13.2 Å². The van der Waals surface area contributed by atoms with E-state index in [0.717, 1.165) is 6.07 Å². The Kier molecular flexibility index (Phi) is 5.79. The second kappa shape index (κ2) is 6.92. The second-order valence-electron chi connectivity index (χ2n) is 4.17. The molecular formula is C12H15ClO6S. The molecular weight excluding hydrogens is 308 g/mol. The lowest BCUT2D eigenvalue weighted by Gasteiger charge is -2.11. The van der Waals surface area contributed by atoms with Crippen molar-refractivity contribution in [3.63, 3.8) is 0 Å². The number of benzene rings is 1. The van der Waals surface area contributed by atoms with Gasteiger partial charge in [0.2, 0.25) is 0 Å². The molecule has 8 heteroatoms. The fourth-order valence-electron chi connectivity index (χ4n) is 1.39. The molecule has 0 bridgehead atoms. The van der Waals surface area contributed by atoms with Crippen LogP contribution in [0.25, 0.3) is 0 Å². The quantitative estimate of drug-likeness (QED) is 0.611. The Labute approximate surface area is 121 Å². The maximum Gasteiger partial charge on any atom is 0.339 e. The lowest BCUT2D eigenvalue weighted by Crippen LogP contribution is -2.13. The van der Waals surface area contributed by atoms with Crippen LogP contribution in [0, 0.1) is 0 Å². The van der Waals surface area contributed by atoms with Gasteiger partial charge in [-0.3, -0.25) is 0 Å². The predicted molar refractivity (Wildman–Crippen MR) is 73.0 cm³/mol. The second-order valence-corrected chi connectivity index (χ2v) is 6.73. The van der Waals surface area contributed by atoms with E-state index < -0.39 is 15.0 Å². The SMILES string of the molecule is CC(C)OCCOc1ccc(S(=O)(=O)Cl)cc1C(=O)O. The Bertz CT molecular complexity index is 582.